The van der Waals surface area contributed by atoms with E-state index in [0.29, 0.717) is 35.0 Å². The minimum Gasteiger partial charge on any atom is -0.507 e. The number of nitrogens with two attached hydrogens (primary N) is 2. The van der Waals surface area contributed by atoms with Gasteiger partial charge in [0.25, 0.3) is 0 Å². The highest BCUT2D eigenvalue weighted by atomic mass is 16.3. The number of nitrogens with zero attached hydrogens (tertiary/aromatic N) is 6. The van der Waals surface area contributed by atoms with Gasteiger partial charge in [-0.15, -0.1) is 0 Å². The molecule has 3 aromatic rings. The number of carbonyl (C=O) groups excluding carboxylic acids is 2. The number of aromatic hydroxyl groups is 1. The first-order chi connectivity index (χ1) is 26.7. The fourth-order valence-corrected chi connectivity index (χ4v) is 10.2. The number of anilines is 2. The molecule has 6 heterocycles. The summed E-state index contributed by atoms with van der Waals surface area (Å²) < 4.78 is 0. The highest BCUT2D eigenvalue weighted by molar-refractivity contribution is 5.89. The molecule has 1 aliphatic carbocycles. The van der Waals surface area contributed by atoms with Crippen LogP contribution in [0.2, 0.25) is 0 Å². The van der Waals surface area contributed by atoms with Crippen molar-refractivity contribution in [2.45, 2.75) is 110 Å². The number of amides is 3. The number of para-hydroxylation sites is 1. The summed E-state index contributed by atoms with van der Waals surface area (Å²) >= 11 is 0. The number of phenols is 1. The molecular formula is C43H60N10O3. The maximum Gasteiger partial charge on any atom is 0.318 e. The van der Waals surface area contributed by atoms with Crippen LogP contribution in [0.5, 0.6) is 5.75 Å². The van der Waals surface area contributed by atoms with Crippen molar-refractivity contribution in [2.24, 2.45) is 16.6 Å². The lowest BCUT2D eigenvalue weighted by molar-refractivity contribution is -0.136. The zero-order chi connectivity index (χ0) is 39.5. The minimum absolute atomic E-state index is 0.0268. The van der Waals surface area contributed by atoms with Crippen molar-refractivity contribution in [3.05, 3.63) is 64.6 Å². The molecule has 3 amide bonds. The quantitative estimate of drug-likeness (QED) is 0.210. The van der Waals surface area contributed by atoms with Gasteiger partial charge in [0, 0.05) is 90.6 Å². The van der Waals surface area contributed by atoms with E-state index in [1.165, 1.54) is 5.56 Å². The number of hydrogen-bond donors (Lipinski definition) is 5. The number of nitrogens with one attached hydrogen (secondary N) is 2. The summed E-state index contributed by atoms with van der Waals surface area (Å²) in [6.45, 7) is 15.6. The molecule has 0 bridgehead atoms. The molecule has 7 N–H and O–H groups in total. The zero-order valence-electron chi connectivity index (χ0n) is 33.7. The van der Waals surface area contributed by atoms with Gasteiger partial charge in [0.2, 0.25) is 11.9 Å². The normalized spacial score (nSPS) is 23.8. The Morgan fingerprint density at radius 2 is 1.73 bits per heavy atom. The number of fused-ring (bicyclic) bond motifs is 1. The summed E-state index contributed by atoms with van der Waals surface area (Å²) in [4.78, 5) is 48.7. The van der Waals surface area contributed by atoms with E-state index in [9.17, 15) is 14.7 Å². The Bertz CT molecular complexity index is 1960. The first-order valence-corrected chi connectivity index (χ1v) is 20.7. The number of carbonyl (C=O) groups is 2. The zero-order valence-corrected chi connectivity index (χ0v) is 33.7. The highest BCUT2D eigenvalue weighted by Crippen LogP contribution is 2.51. The number of nitrogen functional groups attached to an aromatic ring is 1. The first-order valence-electron chi connectivity index (χ1n) is 20.7. The standard InChI is InChI=1S/C43H60N10O3/c1-26-9-8-15-52(26)39(55)37(42(3,4)5)49-41(56)51-24-43(25-51)20-30(21-43)50-16-12-28(13-17-50)29-22-46-40(47-23-29)53-18-14-34-36(27(53)2)32(38(45)48-34)19-33(44)31-10-6-7-11-35(31)54/h6-7,10-11,19,22-23,26-28,30,37,48,54H,8-9,12-18,20-21,24-25,44-45H2,1-5H3,(H,49,56)/b33-19-. The molecule has 8 rings (SSSR count). The van der Waals surface area contributed by atoms with Crippen LogP contribution in [-0.4, -0.2) is 104 Å². The summed E-state index contributed by atoms with van der Waals surface area (Å²) in [6, 6.07) is 7.19. The Balaban J connectivity index is 0.821. The molecule has 3 atom stereocenters. The number of urea groups is 1. The molecular weight excluding hydrogens is 705 g/mol. The van der Waals surface area contributed by atoms with Gasteiger partial charge in [-0.3, -0.25) is 4.79 Å². The Hall–Kier alpha value is -4.78. The van der Waals surface area contributed by atoms with E-state index in [1.54, 1.807) is 18.2 Å². The van der Waals surface area contributed by atoms with Crippen molar-refractivity contribution in [3.63, 3.8) is 0 Å². The van der Waals surface area contributed by atoms with E-state index in [-0.39, 0.29) is 40.6 Å². The maximum absolute atomic E-state index is 13.5. The van der Waals surface area contributed by atoms with Gasteiger partial charge in [0.1, 0.15) is 17.6 Å². The first kappa shape index (κ1) is 38.1. The van der Waals surface area contributed by atoms with Crippen LogP contribution in [-0.2, 0) is 11.2 Å². The molecule has 2 aromatic heterocycles. The van der Waals surface area contributed by atoms with Crippen LogP contribution in [0.3, 0.4) is 0 Å². The van der Waals surface area contributed by atoms with Gasteiger partial charge in [-0.25, -0.2) is 14.8 Å². The molecule has 3 saturated heterocycles. The minimum atomic E-state index is -0.524. The Kier molecular flexibility index (Phi) is 9.95. The molecule has 1 aromatic carbocycles. The molecule has 3 unspecified atom stereocenters. The average molecular weight is 765 g/mol. The van der Waals surface area contributed by atoms with Crippen LogP contribution in [0, 0.1) is 10.8 Å². The number of aromatic nitrogens is 3. The smallest absolute Gasteiger partial charge is 0.318 e. The molecule has 4 fully saturated rings. The van der Waals surface area contributed by atoms with Crippen LogP contribution in [0.1, 0.15) is 113 Å². The van der Waals surface area contributed by atoms with Gasteiger partial charge in [-0.05, 0) is 101 Å². The third kappa shape index (κ3) is 7.07. The topological polar surface area (TPSA) is 173 Å². The van der Waals surface area contributed by atoms with E-state index < -0.39 is 6.04 Å². The van der Waals surface area contributed by atoms with Gasteiger partial charge < -0.3 is 46.5 Å². The highest BCUT2D eigenvalue weighted by Gasteiger charge is 2.55. The van der Waals surface area contributed by atoms with Gasteiger partial charge >= 0.3 is 6.03 Å². The van der Waals surface area contributed by atoms with Crippen molar-refractivity contribution in [1.82, 2.24) is 35.0 Å². The molecule has 13 nitrogen and oxygen atoms in total. The predicted octanol–water partition coefficient (Wildman–Crippen LogP) is 5.45. The Morgan fingerprint density at radius 1 is 1.04 bits per heavy atom. The second kappa shape index (κ2) is 14.6. The fraction of sp³-hybridized carbons (Fsp3) is 0.581. The van der Waals surface area contributed by atoms with Crippen molar-refractivity contribution >= 4 is 35.5 Å². The van der Waals surface area contributed by atoms with E-state index >= 15 is 0 Å². The Labute approximate surface area is 330 Å². The largest absolute Gasteiger partial charge is 0.507 e. The number of benzene rings is 1. The molecule has 56 heavy (non-hydrogen) atoms. The second-order valence-electron chi connectivity index (χ2n) is 18.4. The number of phenolic OH excluding ortho intramolecular Hbond substituents is 1. The van der Waals surface area contributed by atoms with Crippen molar-refractivity contribution in [3.8, 4) is 5.75 Å². The molecule has 13 heteroatoms. The van der Waals surface area contributed by atoms with Crippen LogP contribution >= 0.6 is 0 Å². The van der Waals surface area contributed by atoms with E-state index in [1.807, 2.05) is 55.1 Å². The Morgan fingerprint density at radius 3 is 2.38 bits per heavy atom. The number of likely N-dealkylation sites (tertiary alicyclic amines) is 3. The second-order valence-corrected chi connectivity index (χ2v) is 18.4. The van der Waals surface area contributed by atoms with Gasteiger partial charge in [0.05, 0.1) is 6.04 Å². The van der Waals surface area contributed by atoms with Crippen LogP contribution in [0.15, 0.2) is 36.7 Å². The molecule has 1 spiro atoms. The van der Waals surface area contributed by atoms with E-state index in [2.05, 4.69) is 33.9 Å². The number of rotatable bonds is 7. The third-order valence-electron chi connectivity index (χ3n) is 13.5. The average Bonchev–Trinajstić information content (AvgIpc) is 3.71. The van der Waals surface area contributed by atoms with Crippen molar-refractivity contribution in [2.75, 3.05) is 49.9 Å². The number of aromatic amines is 1. The summed E-state index contributed by atoms with van der Waals surface area (Å²) in [7, 11) is 0. The lowest BCUT2D eigenvalue weighted by atomic mass is 9.60. The van der Waals surface area contributed by atoms with Gasteiger partial charge in [-0.2, -0.15) is 0 Å². The SMILES string of the molecule is CC1CCCN1C(=O)C(NC(=O)N1CC2(CC(N3CCC(c4cnc(N5CCc6[nH]c(N)c(/C=C(\N)c7ccccc7O)c6C5C)nc4)CC3)C2)C1)C(C)(C)C. The number of H-pyrrole nitrogens is 1. The van der Waals surface area contributed by atoms with Crippen molar-refractivity contribution in [1.29, 1.82) is 0 Å². The van der Waals surface area contributed by atoms with Crippen LogP contribution in [0.4, 0.5) is 16.6 Å². The van der Waals surface area contributed by atoms with E-state index in [4.69, 9.17) is 21.4 Å². The monoisotopic (exact) mass is 764 g/mol. The van der Waals surface area contributed by atoms with Gasteiger partial charge in [-0.1, -0.05) is 32.9 Å². The molecule has 0 radical (unpaired) electrons. The fourth-order valence-electron chi connectivity index (χ4n) is 10.2. The van der Waals surface area contributed by atoms with Gasteiger partial charge in [0.15, 0.2) is 0 Å². The maximum atomic E-state index is 13.5. The van der Waals surface area contributed by atoms with Crippen molar-refractivity contribution < 1.29 is 14.7 Å². The van der Waals surface area contributed by atoms with Crippen LogP contribution in [0.25, 0.3) is 11.8 Å². The van der Waals surface area contributed by atoms with E-state index in [0.717, 1.165) is 101 Å². The summed E-state index contributed by atoms with van der Waals surface area (Å²) in [5.41, 5.74) is 18.0. The number of piperidine rings is 1. The predicted molar refractivity (Wildman–Crippen MR) is 220 cm³/mol. The number of hydrogen-bond acceptors (Lipinski definition) is 9. The summed E-state index contributed by atoms with van der Waals surface area (Å²) in [5.74, 6) is 1.88. The molecule has 4 aliphatic heterocycles. The molecule has 300 valence electrons. The molecule has 1 saturated carbocycles. The lowest BCUT2D eigenvalue weighted by Crippen LogP contribution is -2.70. The van der Waals surface area contributed by atoms with Crippen LogP contribution < -0.4 is 21.7 Å². The summed E-state index contributed by atoms with van der Waals surface area (Å²) in [5, 5.41) is 13.5. The lowest BCUT2D eigenvalue weighted by Gasteiger charge is -2.61. The summed E-state index contributed by atoms with van der Waals surface area (Å²) in [6.07, 6.45) is 13.1. The third-order valence-corrected chi connectivity index (χ3v) is 13.5. The molecule has 5 aliphatic rings.